The average molecular weight is 265 g/mol. The van der Waals surface area contributed by atoms with Crippen molar-refractivity contribution < 1.29 is 27.9 Å². The van der Waals surface area contributed by atoms with Gasteiger partial charge in [-0.1, -0.05) is 12.8 Å². The van der Waals surface area contributed by atoms with Crippen molar-refractivity contribution >= 4 is 11.9 Å². The summed E-state index contributed by atoms with van der Waals surface area (Å²) in [6.45, 7) is -0.0834. The summed E-state index contributed by atoms with van der Waals surface area (Å²) in [6, 6.07) is -1.32. The summed E-state index contributed by atoms with van der Waals surface area (Å²) in [5, 5.41) is 9.08. The summed E-state index contributed by atoms with van der Waals surface area (Å²) < 4.78 is 37.3. The van der Waals surface area contributed by atoms with Gasteiger partial charge in [0.15, 0.2) is 0 Å². The summed E-state index contributed by atoms with van der Waals surface area (Å²) >= 11 is 0. The predicted octanol–water partition coefficient (Wildman–Crippen LogP) is 1.65. The van der Waals surface area contributed by atoms with Crippen LogP contribution in [0.15, 0.2) is 0 Å². The Hall–Kier alpha value is -1.27. The highest BCUT2D eigenvalue weighted by Crippen LogP contribution is 2.41. The van der Waals surface area contributed by atoms with Crippen molar-refractivity contribution in [3.8, 4) is 0 Å². The molecule has 3 atom stereocenters. The van der Waals surface area contributed by atoms with Crippen molar-refractivity contribution in [1.82, 2.24) is 4.90 Å². The number of alkyl halides is 3. The molecular formula is C11H14F3NO3. The number of hydrogen-bond acceptors (Lipinski definition) is 2. The van der Waals surface area contributed by atoms with E-state index in [0.717, 1.165) is 12.8 Å². The lowest BCUT2D eigenvalue weighted by atomic mass is 9.78. The molecule has 4 nitrogen and oxygen atoms in total. The number of aliphatic carboxylic acids is 1. The fraction of sp³-hybridized carbons (Fsp3) is 0.818. The van der Waals surface area contributed by atoms with Gasteiger partial charge in [-0.25, -0.2) is 4.79 Å². The Labute approximate surface area is 102 Å². The molecule has 1 heterocycles. The maximum absolute atomic E-state index is 12.4. The molecule has 0 aromatic heterocycles. The van der Waals surface area contributed by atoms with E-state index in [4.69, 9.17) is 5.11 Å². The molecule has 0 radical (unpaired) electrons. The maximum Gasteiger partial charge on any atom is 0.471 e. The minimum atomic E-state index is -5.00. The fourth-order valence-electron chi connectivity index (χ4n) is 3.16. The lowest BCUT2D eigenvalue weighted by Gasteiger charge is -2.27. The SMILES string of the molecule is O=C(O)[C@@H]1[C@H]2CCCC[C@H]2CN1C(=O)C(F)(F)F. The van der Waals surface area contributed by atoms with E-state index in [1.807, 2.05) is 0 Å². The molecule has 0 aromatic carbocycles. The highest BCUT2D eigenvalue weighted by Gasteiger charge is 2.54. The lowest BCUT2D eigenvalue weighted by Crippen LogP contribution is -2.48. The van der Waals surface area contributed by atoms with Crippen LogP contribution in [0.5, 0.6) is 0 Å². The molecule has 1 saturated carbocycles. The Morgan fingerprint density at radius 3 is 2.33 bits per heavy atom. The van der Waals surface area contributed by atoms with Crippen molar-refractivity contribution in [2.75, 3.05) is 6.54 Å². The molecule has 0 spiro atoms. The molecule has 1 amide bonds. The molecule has 2 rings (SSSR count). The molecule has 102 valence electrons. The van der Waals surface area contributed by atoms with Crippen LogP contribution in [-0.2, 0) is 9.59 Å². The zero-order valence-electron chi connectivity index (χ0n) is 9.61. The Morgan fingerprint density at radius 1 is 1.17 bits per heavy atom. The first-order valence-electron chi connectivity index (χ1n) is 5.93. The standard InChI is InChI=1S/C11H14F3NO3/c12-11(13,14)10(18)15-5-6-3-1-2-4-7(6)8(15)9(16)17/h6-8H,1-5H2,(H,16,17)/t6-,7-,8-/m0/s1. The van der Waals surface area contributed by atoms with Crippen LogP contribution in [-0.4, -0.2) is 40.6 Å². The zero-order chi connectivity index (χ0) is 13.5. The van der Waals surface area contributed by atoms with Gasteiger partial charge in [0.05, 0.1) is 0 Å². The highest BCUT2D eigenvalue weighted by molar-refractivity contribution is 5.88. The Balaban J connectivity index is 2.24. The molecule has 1 N–H and O–H groups in total. The number of likely N-dealkylation sites (tertiary alicyclic amines) is 1. The monoisotopic (exact) mass is 265 g/mol. The van der Waals surface area contributed by atoms with Gasteiger partial charge in [-0.15, -0.1) is 0 Å². The summed E-state index contributed by atoms with van der Waals surface area (Å²) in [6.07, 6.45) is -2.00. The van der Waals surface area contributed by atoms with Crippen molar-refractivity contribution in [3.05, 3.63) is 0 Å². The molecule has 7 heteroatoms. The lowest BCUT2D eigenvalue weighted by molar-refractivity contribution is -0.188. The maximum atomic E-state index is 12.4. The minimum Gasteiger partial charge on any atom is -0.480 e. The van der Waals surface area contributed by atoms with Crippen LogP contribution >= 0.6 is 0 Å². The van der Waals surface area contributed by atoms with E-state index in [0.29, 0.717) is 17.7 Å². The normalized spacial score (nSPS) is 32.2. The summed E-state index contributed by atoms with van der Waals surface area (Å²) in [7, 11) is 0. The summed E-state index contributed by atoms with van der Waals surface area (Å²) in [5.74, 6) is -3.79. The zero-order valence-corrected chi connectivity index (χ0v) is 9.61. The van der Waals surface area contributed by atoms with Crippen molar-refractivity contribution in [3.63, 3.8) is 0 Å². The Kier molecular flexibility index (Phi) is 3.25. The van der Waals surface area contributed by atoms with Crippen molar-refractivity contribution in [2.45, 2.75) is 37.9 Å². The molecular weight excluding hydrogens is 251 g/mol. The van der Waals surface area contributed by atoms with Gasteiger partial charge in [-0.2, -0.15) is 13.2 Å². The van der Waals surface area contributed by atoms with Gasteiger partial charge in [0.25, 0.3) is 0 Å². The third-order valence-corrected chi connectivity index (χ3v) is 3.90. The van der Waals surface area contributed by atoms with Crippen LogP contribution in [0.1, 0.15) is 25.7 Å². The number of rotatable bonds is 1. The van der Waals surface area contributed by atoms with Crippen LogP contribution in [0.4, 0.5) is 13.2 Å². The molecule has 1 aliphatic carbocycles. The second kappa shape index (κ2) is 4.44. The third kappa shape index (κ3) is 2.18. The van der Waals surface area contributed by atoms with Gasteiger partial charge in [0, 0.05) is 6.54 Å². The molecule has 0 aromatic rings. The second-order valence-corrected chi connectivity index (χ2v) is 4.95. The number of carbonyl (C=O) groups is 2. The summed E-state index contributed by atoms with van der Waals surface area (Å²) in [5.41, 5.74) is 0. The van der Waals surface area contributed by atoms with Gasteiger partial charge < -0.3 is 10.0 Å². The van der Waals surface area contributed by atoms with E-state index in [9.17, 15) is 22.8 Å². The van der Waals surface area contributed by atoms with Crippen LogP contribution in [0, 0.1) is 11.8 Å². The highest BCUT2D eigenvalue weighted by atomic mass is 19.4. The van der Waals surface area contributed by atoms with Gasteiger partial charge >= 0.3 is 18.1 Å². The van der Waals surface area contributed by atoms with Crippen LogP contribution in [0.3, 0.4) is 0 Å². The van der Waals surface area contributed by atoms with Gasteiger partial charge in [-0.3, -0.25) is 4.79 Å². The number of carboxylic acids is 1. The van der Waals surface area contributed by atoms with E-state index in [2.05, 4.69) is 0 Å². The van der Waals surface area contributed by atoms with Gasteiger partial charge in [0.1, 0.15) is 6.04 Å². The second-order valence-electron chi connectivity index (χ2n) is 4.95. The number of amides is 1. The predicted molar refractivity (Wildman–Crippen MR) is 54.6 cm³/mol. The Bertz CT molecular complexity index is 369. The molecule has 18 heavy (non-hydrogen) atoms. The first-order chi connectivity index (χ1) is 8.32. The minimum absolute atomic E-state index is 0.0834. The summed E-state index contributed by atoms with van der Waals surface area (Å²) in [4.78, 5) is 22.9. The topological polar surface area (TPSA) is 57.6 Å². The first-order valence-corrected chi connectivity index (χ1v) is 5.93. The van der Waals surface area contributed by atoms with E-state index in [-0.39, 0.29) is 18.4 Å². The average Bonchev–Trinajstić information content (AvgIpc) is 2.65. The van der Waals surface area contributed by atoms with E-state index in [1.54, 1.807) is 0 Å². The number of halogens is 3. The number of carboxylic acid groups (broad SMARTS) is 1. The third-order valence-electron chi connectivity index (χ3n) is 3.90. The van der Waals surface area contributed by atoms with E-state index < -0.39 is 24.1 Å². The van der Waals surface area contributed by atoms with E-state index in [1.165, 1.54) is 0 Å². The number of hydrogen-bond donors (Lipinski definition) is 1. The van der Waals surface area contributed by atoms with Gasteiger partial charge in [-0.05, 0) is 24.7 Å². The first kappa shape index (κ1) is 13.2. The molecule has 0 bridgehead atoms. The van der Waals surface area contributed by atoms with Crippen LogP contribution in [0.25, 0.3) is 0 Å². The van der Waals surface area contributed by atoms with Gasteiger partial charge in [0.2, 0.25) is 0 Å². The van der Waals surface area contributed by atoms with Crippen molar-refractivity contribution in [1.29, 1.82) is 0 Å². The molecule has 1 aliphatic heterocycles. The molecule has 1 saturated heterocycles. The largest absolute Gasteiger partial charge is 0.480 e. The smallest absolute Gasteiger partial charge is 0.471 e. The number of nitrogens with zero attached hydrogens (tertiary/aromatic N) is 1. The Morgan fingerprint density at radius 2 is 1.78 bits per heavy atom. The fourth-order valence-corrected chi connectivity index (χ4v) is 3.16. The van der Waals surface area contributed by atoms with Crippen LogP contribution < -0.4 is 0 Å². The quantitative estimate of drug-likeness (QED) is 0.784. The van der Waals surface area contributed by atoms with E-state index >= 15 is 0 Å². The molecule has 2 fully saturated rings. The number of fused-ring (bicyclic) bond motifs is 1. The molecule has 0 unspecified atom stereocenters. The van der Waals surface area contributed by atoms with Crippen LogP contribution in [0.2, 0.25) is 0 Å². The number of carbonyl (C=O) groups excluding carboxylic acids is 1. The molecule has 2 aliphatic rings. The van der Waals surface area contributed by atoms with Crippen molar-refractivity contribution in [2.24, 2.45) is 11.8 Å².